The third-order valence-electron chi connectivity index (χ3n) is 7.23. The van der Waals surface area contributed by atoms with E-state index in [4.69, 9.17) is 9.57 Å². The highest BCUT2D eigenvalue weighted by molar-refractivity contribution is 6.20. The van der Waals surface area contributed by atoms with Gasteiger partial charge in [0.2, 0.25) is 11.8 Å². The number of carbonyl (C=O) groups excluding carboxylic acids is 3. The number of pyridine rings is 1. The van der Waals surface area contributed by atoms with Gasteiger partial charge in [-0.1, -0.05) is 0 Å². The van der Waals surface area contributed by atoms with Crippen LogP contribution in [0.15, 0.2) is 30.6 Å². The van der Waals surface area contributed by atoms with Crippen molar-refractivity contribution in [3.05, 3.63) is 53.1 Å². The van der Waals surface area contributed by atoms with Gasteiger partial charge >= 0.3 is 6.03 Å². The van der Waals surface area contributed by atoms with Crippen LogP contribution in [0.25, 0.3) is 0 Å². The Labute approximate surface area is 200 Å². The summed E-state index contributed by atoms with van der Waals surface area (Å²) >= 11 is 0. The van der Waals surface area contributed by atoms with Crippen molar-refractivity contribution in [3.63, 3.8) is 0 Å². The number of barbiturate groups is 1. The molecule has 0 unspecified atom stereocenters. The van der Waals surface area contributed by atoms with Crippen LogP contribution in [-0.4, -0.2) is 52.7 Å². The minimum Gasteiger partial charge on any atom is -0.402 e. The number of benzene rings is 1. The molecule has 35 heavy (non-hydrogen) atoms. The fraction of sp³-hybridized carbons (Fsp3) is 0.417. The second-order valence-corrected chi connectivity index (χ2v) is 9.57. The third kappa shape index (κ3) is 3.22. The normalized spacial score (nSPS) is 27.0. The van der Waals surface area contributed by atoms with E-state index in [0.29, 0.717) is 29.9 Å². The van der Waals surface area contributed by atoms with Crippen molar-refractivity contribution in [2.45, 2.75) is 51.6 Å². The molecule has 2 aromatic rings. The molecule has 4 amide bonds. The van der Waals surface area contributed by atoms with Crippen LogP contribution < -0.4 is 20.4 Å². The molecule has 1 aromatic carbocycles. The SMILES string of the molecule is C[C@H]1CN2c3c(cc4c(c3F)ON(Cc3ccncc3)C4)CC3(C(=O)NC(=O)NC3=O)[C@@H]2[C@@H](C)O1. The maximum absolute atomic E-state index is 16.1. The van der Waals surface area contributed by atoms with Crippen molar-refractivity contribution >= 4 is 23.5 Å². The maximum Gasteiger partial charge on any atom is 0.328 e. The van der Waals surface area contributed by atoms with E-state index in [-0.39, 0.29) is 24.8 Å². The van der Waals surface area contributed by atoms with Gasteiger partial charge in [0.25, 0.3) is 0 Å². The summed E-state index contributed by atoms with van der Waals surface area (Å²) in [6, 6.07) is 3.86. The molecule has 2 N–H and O–H groups in total. The molecule has 1 aromatic heterocycles. The van der Waals surface area contributed by atoms with E-state index in [1.165, 1.54) is 0 Å². The van der Waals surface area contributed by atoms with Crippen LogP contribution in [0.2, 0.25) is 0 Å². The number of rotatable bonds is 2. The number of nitrogens with zero attached hydrogens (tertiary/aromatic N) is 3. The predicted octanol–water partition coefficient (Wildman–Crippen LogP) is 1.42. The molecule has 1 spiro atoms. The standard InChI is InChI=1S/C24H24FN5O5/c1-12-9-30-18-15(8-24(20(30)13(2)34-12)21(31)27-23(33)28-22(24)32)7-16-11-29(35-19(16)17(18)25)10-14-3-5-26-6-4-14/h3-7,12-13,20H,8-11H2,1-2H3,(H2,27,28,31,32,33)/t12-,13+,20-/m0/s1. The summed E-state index contributed by atoms with van der Waals surface area (Å²) in [6.45, 7) is 4.66. The average molecular weight is 481 g/mol. The lowest BCUT2D eigenvalue weighted by Gasteiger charge is -2.55. The van der Waals surface area contributed by atoms with Crippen LogP contribution in [0.4, 0.5) is 14.9 Å². The van der Waals surface area contributed by atoms with Crippen molar-refractivity contribution in [3.8, 4) is 5.75 Å². The number of carbonyl (C=O) groups is 3. The van der Waals surface area contributed by atoms with E-state index in [0.717, 1.165) is 5.56 Å². The van der Waals surface area contributed by atoms with Crippen molar-refractivity contribution in [2.24, 2.45) is 5.41 Å². The van der Waals surface area contributed by atoms with Crippen molar-refractivity contribution < 1.29 is 28.3 Å². The Morgan fingerprint density at radius 2 is 1.86 bits per heavy atom. The lowest BCUT2D eigenvalue weighted by molar-refractivity contribution is -0.153. The Kier molecular flexibility index (Phi) is 4.84. The van der Waals surface area contributed by atoms with Crippen LogP contribution in [0.5, 0.6) is 5.75 Å². The average Bonchev–Trinajstić information content (AvgIpc) is 3.20. The fourth-order valence-electron chi connectivity index (χ4n) is 5.95. The van der Waals surface area contributed by atoms with Gasteiger partial charge in [-0.05, 0) is 43.2 Å². The van der Waals surface area contributed by atoms with E-state index in [9.17, 15) is 14.4 Å². The first-order valence-electron chi connectivity index (χ1n) is 11.5. The highest BCUT2D eigenvalue weighted by Crippen LogP contribution is 2.50. The lowest BCUT2D eigenvalue weighted by atomic mass is 9.66. The van der Waals surface area contributed by atoms with Gasteiger partial charge in [-0.25, -0.2) is 9.18 Å². The van der Waals surface area contributed by atoms with E-state index >= 15 is 4.39 Å². The Bertz CT molecular complexity index is 1230. The van der Waals surface area contributed by atoms with Gasteiger partial charge in [-0.3, -0.25) is 25.2 Å². The van der Waals surface area contributed by atoms with Crippen LogP contribution in [-0.2, 0) is 33.8 Å². The third-order valence-corrected chi connectivity index (χ3v) is 7.23. The van der Waals surface area contributed by atoms with Crippen molar-refractivity contribution in [2.75, 3.05) is 11.4 Å². The smallest absolute Gasteiger partial charge is 0.328 e. The number of aromatic nitrogens is 1. The van der Waals surface area contributed by atoms with Crippen LogP contribution in [0.3, 0.4) is 0 Å². The largest absolute Gasteiger partial charge is 0.402 e. The van der Waals surface area contributed by atoms with Gasteiger partial charge in [0.05, 0.1) is 37.0 Å². The number of amides is 4. The first-order chi connectivity index (χ1) is 16.8. The number of fused-ring (bicyclic) bond motifs is 5. The Morgan fingerprint density at radius 3 is 2.57 bits per heavy atom. The number of hydrogen-bond donors (Lipinski definition) is 2. The van der Waals surface area contributed by atoms with Crippen molar-refractivity contribution in [1.82, 2.24) is 20.7 Å². The van der Waals surface area contributed by atoms with Gasteiger partial charge in [0.1, 0.15) is 0 Å². The molecule has 4 aliphatic heterocycles. The predicted molar refractivity (Wildman–Crippen MR) is 119 cm³/mol. The number of hydroxylamine groups is 2. The van der Waals surface area contributed by atoms with Gasteiger partial charge in [-0.2, -0.15) is 0 Å². The van der Waals surface area contributed by atoms with E-state index in [1.807, 2.05) is 19.1 Å². The minimum atomic E-state index is -1.64. The summed E-state index contributed by atoms with van der Waals surface area (Å²) in [5.41, 5.74) is 0.786. The zero-order valence-corrected chi connectivity index (χ0v) is 19.2. The van der Waals surface area contributed by atoms with Crippen LogP contribution in [0.1, 0.15) is 30.5 Å². The molecule has 0 radical (unpaired) electrons. The highest BCUT2D eigenvalue weighted by atomic mass is 19.1. The monoisotopic (exact) mass is 481 g/mol. The number of ether oxygens (including phenoxy) is 1. The van der Waals surface area contributed by atoms with Crippen LogP contribution >= 0.6 is 0 Å². The molecule has 0 aliphatic carbocycles. The topological polar surface area (TPSA) is 113 Å². The highest BCUT2D eigenvalue weighted by Gasteiger charge is 2.63. The number of morpholine rings is 1. The Balaban J connectivity index is 1.44. The first kappa shape index (κ1) is 21.9. The molecule has 6 rings (SSSR count). The number of anilines is 1. The molecule has 3 atom stereocenters. The number of nitrogens with one attached hydrogen (secondary N) is 2. The molecule has 0 saturated carbocycles. The maximum atomic E-state index is 16.1. The molecule has 0 bridgehead atoms. The number of hydrogen-bond acceptors (Lipinski definition) is 8. The second kappa shape index (κ2) is 7.72. The van der Waals surface area contributed by atoms with Crippen LogP contribution in [0, 0.1) is 11.2 Å². The Hall–Kier alpha value is -3.57. The van der Waals surface area contributed by atoms with Gasteiger partial charge in [-0.15, -0.1) is 5.06 Å². The molecule has 11 heteroatoms. The second-order valence-electron chi connectivity index (χ2n) is 9.57. The zero-order chi connectivity index (χ0) is 24.5. The molecule has 10 nitrogen and oxygen atoms in total. The summed E-state index contributed by atoms with van der Waals surface area (Å²) < 4.78 is 22.1. The molecule has 5 heterocycles. The molecular formula is C24H24FN5O5. The summed E-state index contributed by atoms with van der Waals surface area (Å²) in [5.74, 6) is -1.78. The Morgan fingerprint density at radius 1 is 1.14 bits per heavy atom. The molecule has 182 valence electrons. The number of halogens is 1. The summed E-state index contributed by atoms with van der Waals surface area (Å²) in [6.07, 6.45) is 2.46. The lowest BCUT2D eigenvalue weighted by Crippen LogP contribution is -2.75. The van der Waals surface area contributed by atoms with Crippen molar-refractivity contribution in [1.29, 1.82) is 0 Å². The van der Waals surface area contributed by atoms with E-state index in [2.05, 4.69) is 15.6 Å². The quantitative estimate of drug-likeness (QED) is 0.620. The van der Waals surface area contributed by atoms with Gasteiger partial charge in [0, 0.05) is 30.9 Å². The number of imide groups is 2. The summed E-state index contributed by atoms with van der Waals surface area (Å²) in [7, 11) is 0. The summed E-state index contributed by atoms with van der Waals surface area (Å²) in [4.78, 5) is 50.0. The first-order valence-corrected chi connectivity index (χ1v) is 11.5. The summed E-state index contributed by atoms with van der Waals surface area (Å²) in [5, 5.41) is 6.14. The molecule has 2 fully saturated rings. The van der Waals surface area contributed by atoms with Gasteiger partial charge < -0.3 is 14.5 Å². The van der Waals surface area contributed by atoms with E-state index in [1.54, 1.807) is 35.3 Å². The van der Waals surface area contributed by atoms with E-state index < -0.39 is 41.2 Å². The molecular weight excluding hydrogens is 457 g/mol. The number of urea groups is 1. The minimum absolute atomic E-state index is 0.0644. The molecule has 2 saturated heterocycles. The fourth-order valence-corrected chi connectivity index (χ4v) is 5.95. The molecule has 4 aliphatic rings. The zero-order valence-electron chi connectivity index (χ0n) is 19.2. The van der Waals surface area contributed by atoms with Gasteiger partial charge in [0.15, 0.2) is 17.0 Å².